The van der Waals surface area contributed by atoms with Gasteiger partial charge in [-0.05, 0) is 50.1 Å². The molecule has 0 saturated carbocycles. The first-order chi connectivity index (χ1) is 13.1. The lowest BCUT2D eigenvalue weighted by Gasteiger charge is -2.32. The van der Waals surface area contributed by atoms with Crippen LogP contribution in [0, 0.1) is 18.7 Å². The highest BCUT2D eigenvalue weighted by Crippen LogP contribution is 2.22. The molecule has 0 aliphatic carbocycles. The molecule has 1 saturated heterocycles. The standard InChI is InChI=1S/C21H22FN3O2/c1-14-23-19-8-7-16(10-20(19)24-14)21(26)25-9-3-4-15(12-25)13-27-18-6-2-5-17(22)11-18/h2,5-8,10-11,15H,3-4,9,12-13H2,1H3,(H,23,24). The summed E-state index contributed by atoms with van der Waals surface area (Å²) in [4.78, 5) is 22.3. The van der Waals surface area contributed by atoms with E-state index in [1.54, 1.807) is 12.1 Å². The van der Waals surface area contributed by atoms with Crippen molar-refractivity contribution in [2.24, 2.45) is 5.92 Å². The van der Waals surface area contributed by atoms with Crippen molar-refractivity contribution in [2.75, 3.05) is 19.7 Å². The van der Waals surface area contributed by atoms with E-state index in [-0.39, 0.29) is 17.6 Å². The van der Waals surface area contributed by atoms with Gasteiger partial charge in [0.25, 0.3) is 5.91 Å². The van der Waals surface area contributed by atoms with Gasteiger partial charge in [0.15, 0.2) is 0 Å². The Morgan fingerprint density at radius 1 is 1.33 bits per heavy atom. The number of piperidine rings is 1. The third-order valence-electron chi connectivity index (χ3n) is 4.94. The molecular formula is C21H22FN3O2. The molecule has 0 spiro atoms. The van der Waals surface area contributed by atoms with Gasteiger partial charge in [-0.25, -0.2) is 9.37 Å². The monoisotopic (exact) mass is 367 g/mol. The second kappa shape index (κ2) is 7.39. The lowest BCUT2D eigenvalue weighted by molar-refractivity contribution is 0.0633. The van der Waals surface area contributed by atoms with E-state index in [2.05, 4.69) is 9.97 Å². The Bertz CT molecular complexity index is 969. The number of carbonyl (C=O) groups excluding carboxylic acids is 1. The lowest BCUT2D eigenvalue weighted by Crippen LogP contribution is -2.41. The van der Waals surface area contributed by atoms with Crippen LogP contribution in [0.4, 0.5) is 4.39 Å². The summed E-state index contributed by atoms with van der Waals surface area (Å²) in [7, 11) is 0. The van der Waals surface area contributed by atoms with Crippen LogP contribution in [0.15, 0.2) is 42.5 Å². The molecule has 4 rings (SSSR count). The largest absolute Gasteiger partial charge is 0.493 e. The van der Waals surface area contributed by atoms with Crippen molar-refractivity contribution in [3.63, 3.8) is 0 Å². The van der Waals surface area contributed by atoms with Crippen LogP contribution in [0.2, 0.25) is 0 Å². The molecule has 5 nitrogen and oxygen atoms in total. The van der Waals surface area contributed by atoms with Crippen molar-refractivity contribution in [2.45, 2.75) is 19.8 Å². The fraction of sp³-hybridized carbons (Fsp3) is 0.333. The van der Waals surface area contributed by atoms with Gasteiger partial charge in [0, 0.05) is 30.6 Å². The molecule has 0 radical (unpaired) electrons. The second-order valence-electron chi connectivity index (χ2n) is 7.08. The quantitative estimate of drug-likeness (QED) is 0.760. The van der Waals surface area contributed by atoms with E-state index >= 15 is 0 Å². The molecule has 6 heteroatoms. The molecule has 0 bridgehead atoms. The summed E-state index contributed by atoms with van der Waals surface area (Å²) in [6.45, 7) is 3.77. The molecule has 1 atom stereocenters. The number of hydrogen-bond acceptors (Lipinski definition) is 3. The molecule has 1 aliphatic heterocycles. The summed E-state index contributed by atoms with van der Waals surface area (Å²) >= 11 is 0. The number of rotatable bonds is 4. The second-order valence-corrected chi connectivity index (χ2v) is 7.08. The molecule has 1 aromatic heterocycles. The summed E-state index contributed by atoms with van der Waals surface area (Å²) in [5.41, 5.74) is 2.41. The Morgan fingerprint density at radius 2 is 2.22 bits per heavy atom. The van der Waals surface area contributed by atoms with Crippen molar-refractivity contribution >= 4 is 16.9 Å². The van der Waals surface area contributed by atoms with Crippen LogP contribution in [0.1, 0.15) is 29.0 Å². The first-order valence-corrected chi connectivity index (χ1v) is 9.22. The topological polar surface area (TPSA) is 58.2 Å². The smallest absolute Gasteiger partial charge is 0.253 e. The van der Waals surface area contributed by atoms with Crippen molar-refractivity contribution in [3.8, 4) is 5.75 Å². The average Bonchev–Trinajstić information content (AvgIpc) is 3.05. The van der Waals surface area contributed by atoms with Crippen LogP contribution in [0.5, 0.6) is 5.75 Å². The third kappa shape index (κ3) is 3.94. The first-order valence-electron chi connectivity index (χ1n) is 9.22. The number of H-pyrrole nitrogens is 1. The highest BCUT2D eigenvalue weighted by atomic mass is 19.1. The van der Waals surface area contributed by atoms with E-state index in [0.717, 1.165) is 36.2 Å². The fourth-order valence-corrected chi connectivity index (χ4v) is 3.61. The minimum Gasteiger partial charge on any atom is -0.493 e. The van der Waals surface area contributed by atoms with Gasteiger partial charge in [-0.3, -0.25) is 4.79 Å². The molecule has 1 fully saturated rings. The maximum absolute atomic E-state index is 13.3. The van der Waals surface area contributed by atoms with Crippen LogP contribution >= 0.6 is 0 Å². The minimum atomic E-state index is -0.308. The number of halogens is 1. The zero-order chi connectivity index (χ0) is 18.8. The predicted molar refractivity (Wildman–Crippen MR) is 101 cm³/mol. The molecule has 1 unspecified atom stereocenters. The van der Waals surface area contributed by atoms with E-state index in [1.807, 2.05) is 30.0 Å². The Labute approximate surface area is 157 Å². The number of fused-ring (bicyclic) bond motifs is 1. The zero-order valence-corrected chi connectivity index (χ0v) is 15.2. The van der Waals surface area contributed by atoms with Crippen LogP contribution in [-0.4, -0.2) is 40.5 Å². The molecule has 1 amide bonds. The molecular weight excluding hydrogens is 345 g/mol. The summed E-state index contributed by atoms with van der Waals surface area (Å²) in [5.74, 6) is 1.32. The van der Waals surface area contributed by atoms with E-state index in [1.165, 1.54) is 12.1 Å². The van der Waals surface area contributed by atoms with Crippen LogP contribution in [-0.2, 0) is 0 Å². The van der Waals surface area contributed by atoms with E-state index in [4.69, 9.17) is 4.74 Å². The molecule has 2 aromatic carbocycles. The summed E-state index contributed by atoms with van der Waals surface area (Å²) in [6.07, 6.45) is 1.94. The van der Waals surface area contributed by atoms with Crippen LogP contribution in [0.25, 0.3) is 11.0 Å². The van der Waals surface area contributed by atoms with Gasteiger partial charge in [-0.15, -0.1) is 0 Å². The number of nitrogens with zero attached hydrogens (tertiary/aromatic N) is 2. The molecule has 140 valence electrons. The number of amides is 1. The number of aromatic amines is 1. The van der Waals surface area contributed by atoms with Crippen molar-refractivity contribution in [3.05, 3.63) is 59.7 Å². The number of benzene rings is 2. The number of ether oxygens (including phenoxy) is 1. The fourth-order valence-electron chi connectivity index (χ4n) is 3.61. The van der Waals surface area contributed by atoms with Gasteiger partial charge in [0.2, 0.25) is 0 Å². The maximum Gasteiger partial charge on any atom is 0.253 e. The van der Waals surface area contributed by atoms with Gasteiger partial charge >= 0.3 is 0 Å². The highest BCUT2D eigenvalue weighted by molar-refractivity contribution is 5.97. The number of likely N-dealkylation sites (tertiary alicyclic amines) is 1. The van der Waals surface area contributed by atoms with Crippen LogP contribution < -0.4 is 4.74 Å². The summed E-state index contributed by atoms with van der Waals surface area (Å²) in [5, 5.41) is 0. The highest BCUT2D eigenvalue weighted by Gasteiger charge is 2.25. The Morgan fingerprint density at radius 3 is 3.07 bits per heavy atom. The minimum absolute atomic E-state index is 0.0274. The van der Waals surface area contributed by atoms with E-state index < -0.39 is 0 Å². The third-order valence-corrected chi connectivity index (χ3v) is 4.94. The first kappa shape index (κ1) is 17.5. The summed E-state index contributed by atoms with van der Waals surface area (Å²) < 4.78 is 19.0. The number of imidazole rings is 1. The van der Waals surface area contributed by atoms with E-state index in [9.17, 15) is 9.18 Å². The number of aryl methyl sites for hydroxylation is 1. The van der Waals surface area contributed by atoms with Gasteiger partial charge in [0.1, 0.15) is 17.4 Å². The van der Waals surface area contributed by atoms with Crippen LogP contribution in [0.3, 0.4) is 0 Å². The van der Waals surface area contributed by atoms with Crippen molar-refractivity contribution < 1.29 is 13.9 Å². The number of hydrogen-bond donors (Lipinski definition) is 1. The number of carbonyl (C=O) groups is 1. The molecule has 1 aliphatic rings. The Hall–Kier alpha value is -2.89. The SMILES string of the molecule is Cc1nc2ccc(C(=O)N3CCCC(COc4cccc(F)c4)C3)cc2[nH]1. The molecule has 1 N–H and O–H groups in total. The number of aromatic nitrogens is 2. The Kier molecular flexibility index (Phi) is 4.79. The average molecular weight is 367 g/mol. The van der Waals surface area contributed by atoms with E-state index in [0.29, 0.717) is 24.5 Å². The lowest BCUT2D eigenvalue weighted by atomic mass is 9.98. The normalized spacial score (nSPS) is 17.3. The van der Waals surface area contributed by atoms with Gasteiger partial charge in [-0.1, -0.05) is 6.07 Å². The number of nitrogens with one attached hydrogen (secondary N) is 1. The predicted octanol–water partition coefficient (Wildman–Crippen LogP) is 3.94. The van der Waals surface area contributed by atoms with Crippen molar-refractivity contribution in [1.29, 1.82) is 0 Å². The van der Waals surface area contributed by atoms with Crippen molar-refractivity contribution in [1.82, 2.24) is 14.9 Å². The summed E-state index contributed by atoms with van der Waals surface area (Å²) in [6, 6.07) is 11.7. The van der Waals surface area contributed by atoms with Gasteiger partial charge in [0.05, 0.1) is 17.6 Å². The molecule has 2 heterocycles. The zero-order valence-electron chi connectivity index (χ0n) is 15.2. The molecule has 27 heavy (non-hydrogen) atoms. The molecule has 3 aromatic rings. The maximum atomic E-state index is 13.3. The van der Waals surface area contributed by atoms with Gasteiger partial charge in [-0.2, -0.15) is 0 Å². The Balaban J connectivity index is 1.41. The van der Waals surface area contributed by atoms with Gasteiger partial charge < -0.3 is 14.6 Å².